The van der Waals surface area contributed by atoms with Crippen LogP contribution in [-0.2, 0) is 5.41 Å². The summed E-state index contributed by atoms with van der Waals surface area (Å²) >= 11 is 0. The van der Waals surface area contributed by atoms with E-state index >= 15 is 0 Å². The summed E-state index contributed by atoms with van der Waals surface area (Å²) in [5.74, 6) is -3.68. The SMILES string of the molecule is NCC1(c2cc(F)c(C(=O)O)c(F)c2)CC1. The van der Waals surface area contributed by atoms with E-state index in [1.54, 1.807) is 0 Å². The lowest BCUT2D eigenvalue weighted by Crippen LogP contribution is -2.21. The second kappa shape index (κ2) is 3.52. The Kier molecular flexibility index (Phi) is 2.42. The Labute approximate surface area is 90.9 Å². The second-order valence-electron chi connectivity index (χ2n) is 4.10. The van der Waals surface area contributed by atoms with Crippen molar-refractivity contribution < 1.29 is 18.7 Å². The van der Waals surface area contributed by atoms with Gasteiger partial charge in [-0.2, -0.15) is 0 Å². The average molecular weight is 227 g/mol. The Balaban J connectivity index is 2.49. The summed E-state index contributed by atoms with van der Waals surface area (Å²) < 4.78 is 26.8. The van der Waals surface area contributed by atoms with Crippen molar-refractivity contribution in [2.75, 3.05) is 6.54 Å². The number of hydrogen-bond donors (Lipinski definition) is 2. The molecule has 1 aromatic carbocycles. The number of carboxylic acids is 1. The molecular formula is C11H11F2NO2. The van der Waals surface area contributed by atoms with Crippen molar-refractivity contribution >= 4 is 5.97 Å². The lowest BCUT2D eigenvalue weighted by molar-refractivity contribution is 0.0686. The van der Waals surface area contributed by atoms with Crippen LogP contribution in [0.3, 0.4) is 0 Å². The fraction of sp³-hybridized carbons (Fsp3) is 0.364. The highest BCUT2D eigenvalue weighted by atomic mass is 19.1. The molecule has 1 fully saturated rings. The van der Waals surface area contributed by atoms with Gasteiger partial charge in [-0.1, -0.05) is 0 Å². The van der Waals surface area contributed by atoms with Gasteiger partial charge < -0.3 is 10.8 Å². The van der Waals surface area contributed by atoms with Gasteiger partial charge in [-0.05, 0) is 30.5 Å². The number of carbonyl (C=O) groups is 1. The summed E-state index contributed by atoms with van der Waals surface area (Å²) in [6.45, 7) is 0.318. The van der Waals surface area contributed by atoms with E-state index in [-0.39, 0.29) is 5.41 Å². The molecule has 1 aliphatic carbocycles. The van der Waals surface area contributed by atoms with E-state index in [9.17, 15) is 13.6 Å². The maximum absolute atomic E-state index is 13.4. The number of nitrogens with two attached hydrogens (primary N) is 1. The van der Waals surface area contributed by atoms with Gasteiger partial charge in [0.2, 0.25) is 0 Å². The van der Waals surface area contributed by atoms with Gasteiger partial charge in [0, 0.05) is 12.0 Å². The van der Waals surface area contributed by atoms with Crippen molar-refractivity contribution in [3.05, 3.63) is 34.9 Å². The number of hydrogen-bond acceptors (Lipinski definition) is 2. The topological polar surface area (TPSA) is 63.3 Å². The zero-order chi connectivity index (χ0) is 11.9. The first-order chi connectivity index (χ1) is 7.50. The zero-order valence-electron chi connectivity index (χ0n) is 8.46. The maximum atomic E-state index is 13.4. The molecule has 86 valence electrons. The van der Waals surface area contributed by atoms with Crippen LogP contribution in [0.5, 0.6) is 0 Å². The predicted molar refractivity (Wildman–Crippen MR) is 53.3 cm³/mol. The predicted octanol–water partition coefficient (Wildman–Crippen LogP) is 1.65. The molecule has 0 unspecified atom stereocenters. The molecule has 0 atom stereocenters. The lowest BCUT2D eigenvalue weighted by Gasteiger charge is -2.13. The van der Waals surface area contributed by atoms with Crippen molar-refractivity contribution in [1.82, 2.24) is 0 Å². The monoisotopic (exact) mass is 227 g/mol. The van der Waals surface area contributed by atoms with E-state index in [4.69, 9.17) is 10.8 Å². The molecule has 0 spiro atoms. The Bertz CT molecular complexity index is 432. The third kappa shape index (κ3) is 1.57. The van der Waals surface area contributed by atoms with Crippen molar-refractivity contribution in [1.29, 1.82) is 0 Å². The lowest BCUT2D eigenvalue weighted by atomic mass is 9.94. The smallest absolute Gasteiger partial charge is 0.341 e. The summed E-state index contributed by atoms with van der Waals surface area (Å²) in [7, 11) is 0. The highest BCUT2D eigenvalue weighted by Gasteiger charge is 2.43. The second-order valence-corrected chi connectivity index (χ2v) is 4.10. The highest BCUT2D eigenvalue weighted by molar-refractivity contribution is 5.88. The molecule has 5 heteroatoms. The number of aromatic carboxylic acids is 1. The molecule has 1 saturated carbocycles. The largest absolute Gasteiger partial charge is 0.477 e. The minimum absolute atomic E-state index is 0.318. The van der Waals surface area contributed by atoms with Crippen LogP contribution >= 0.6 is 0 Å². The van der Waals surface area contributed by atoms with Crippen LogP contribution < -0.4 is 5.73 Å². The van der Waals surface area contributed by atoms with Crippen LogP contribution in [0.2, 0.25) is 0 Å². The fourth-order valence-electron chi connectivity index (χ4n) is 1.85. The Hall–Kier alpha value is -1.49. The summed E-state index contributed by atoms with van der Waals surface area (Å²) in [5.41, 5.74) is 4.74. The van der Waals surface area contributed by atoms with Gasteiger partial charge in [-0.25, -0.2) is 13.6 Å². The molecule has 2 rings (SSSR count). The normalized spacial score (nSPS) is 17.2. The van der Waals surface area contributed by atoms with Crippen LogP contribution in [-0.4, -0.2) is 17.6 Å². The number of benzene rings is 1. The van der Waals surface area contributed by atoms with Gasteiger partial charge in [0.15, 0.2) is 0 Å². The summed E-state index contributed by atoms with van der Waals surface area (Å²) in [4.78, 5) is 10.6. The zero-order valence-corrected chi connectivity index (χ0v) is 8.46. The van der Waals surface area contributed by atoms with Gasteiger partial charge in [-0.3, -0.25) is 0 Å². The first kappa shape index (κ1) is 11.0. The number of halogens is 2. The molecule has 16 heavy (non-hydrogen) atoms. The molecule has 0 radical (unpaired) electrons. The van der Waals surface area contributed by atoms with Crippen molar-refractivity contribution in [2.45, 2.75) is 18.3 Å². The molecule has 1 aliphatic rings. The molecule has 0 aromatic heterocycles. The van der Waals surface area contributed by atoms with Crippen LogP contribution in [0.15, 0.2) is 12.1 Å². The van der Waals surface area contributed by atoms with Crippen molar-refractivity contribution in [3.8, 4) is 0 Å². The molecule has 1 aromatic rings. The average Bonchev–Trinajstić information content (AvgIpc) is 2.96. The first-order valence-corrected chi connectivity index (χ1v) is 4.93. The van der Waals surface area contributed by atoms with E-state index in [1.807, 2.05) is 0 Å². The maximum Gasteiger partial charge on any atom is 0.341 e. The molecule has 3 N–H and O–H groups in total. The molecule has 0 saturated heterocycles. The van der Waals surface area contributed by atoms with Crippen LogP contribution in [0.4, 0.5) is 8.78 Å². The van der Waals surface area contributed by atoms with E-state index in [0.717, 1.165) is 25.0 Å². The van der Waals surface area contributed by atoms with Crippen LogP contribution in [0, 0.1) is 11.6 Å². The van der Waals surface area contributed by atoms with E-state index in [0.29, 0.717) is 12.1 Å². The number of rotatable bonds is 3. The molecule has 0 heterocycles. The Morgan fingerprint density at radius 2 is 1.88 bits per heavy atom. The van der Waals surface area contributed by atoms with Gasteiger partial charge in [0.25, 0.3) is 0 Å². The first-order valence-electron chi connectivity index (χ1n) is 4.93. The van der Waals surface area contributed by atoms with E-state index in [1.165, 1.54) is 0 Å². The Morgan fingerprint density at radius 3 is 2.19 bits per heavy atom. The quantitative estimate of drug-likeness (QED) is 0.825. The van der Waals surface area contributed by atoms with E-state index < -0.39 is 23.2 Å². The third-order valence-corrected chi connectivity index (χ3v) is 3.11. The van der Waals surface area contributed by atoms with Crippen LogP contribution in [0.1, 0.15) is 28.8 Å². The third-order valence-electron chi connectivity index (χ3n) is 3.11. The standard InChI is InChI=1S/C11H11F2NO2/c12-7-3-6(11(5-14)1-2-11)4-8(13)9(7)10(15)16/h3-4H,1-2,5,14H2,(H,15,16). The summed E-state index contributed by atoms with van der Waals surface area (Å²) in [6.07, 6.45) is 1.57. The van der Waals surface area contributed by atoms with Gasteiger partial charge >= 0.3 is 5.97 Å². The van der Waals surface area contributed by atoms with Crippen molar-refractivity contribution in [3.63, 3.8) is 0 Å². The van der Waals surface area contributed by atoms with Gasteiger partial charge in [0.1, 0.15) is 17.2 Å². The highest BCUT2D eigenvalue weighted by Crippen LogP contribution is 2.47. The minimum Gasteiger partial charge on any atom is -0.477 e. The number of carboxylic acid groups (broad SMARTS) is 1. The molecule has 3 nitrogen and oxygen atoms in total. The summed E-state index contributed by atoms with van der Waals surface area (Å²) in [6, 6.07) is 2.15. The van der Waals surface area contributed by atoms with Crippen molar-refractivity contribution in [2.24, 2.45) is 5.73 Å². The van der Waals surface area contributed by atoms with Gasteiger partial charge in [-0.15, -0.1) is 0 Å². The molecular weight excluding hydrogens is 216 g/mol. The van der Waals surface area contributed by atoms with Gasteiger partial charge in [0.05, 0.1) is 0 Å². The minimum atomic E-state index is -1.60. The summed E-state index contributed by atoms with van der Waals surface area (Å²) in [5, 5.41) is 8.61. The Morgan fingerprint density at radius 1 is 1.38 bits per heavy atom. The molecule has 0 aliphatic heterocycles. The fourth-order valence-corrected chi connectivity index (χ4v) is 1.85. The molecule has 0 bridgehead atoms. The van der Waals surface area contributed by atoms with Crippen LogP contribution in [0.25, 0.3) is 0 Å². The molecule has 0 amide bonds. The van der Waals surface area contributed by atoms with E-state index in [2.05, 4.69) is 0 Å².